The molecule has 0 aromatic carbocycles. The van der Waals surface area contributed by atoms with E-state index in [0.717, 1.165) is 6.42 Å². The molecule has 0 radical (unpaired) electrons. The Morgan fingerprint density at radius 1 is 0.800 bits per heavy atom. The molecule has 5 heteroatoms. The van der Waals surface area contributed by atoms with Crippen molar-refractivity contribution in [2.24, 2.45) is 0 Å². The molecule has 0 amide bonds. The summed E-state index contributed by atoms with van der Waals surface area (Å²) < 4.78 is 27.6. The molecule has 0 spiro atoms. The Morgan fingerprint density at radius 3 is 1.45 bits per heavy atom. The van der Waals surface area contributed by atoms with Crippen LogP contribution in [-0.4, -0.2) is 18.7 Å². The number of hydrogen-bond acceptors (Lipinski definition) is 2. The average molecular weight is 316 g/mol. The minimum absolute atomic E-state index is 0. The van der Waals surface area contributed by atoms with Gasteiger partial charge >= 0.3 is 29.6 Å². The fourth-order valence-corrected chi connectivity index (χ4v) is 2.26. The zero-order valence-electron chi connectivity index (χ0n) is 13.9. The summed E-state index contributed by atoms with van der Waals surface area (Å²) in [5, 5.41) is 0. The van der Waals surface area contributed by atoms with Gasteiger partial charge in [0.25, 0.3) is 10.1 Å². The Hall–Kier alpha value is 0.910. The third kappa shape index (κ3) is 31.3. The van der Waals surface area contributed by atoms with Crippen LogP contribution in [-0.2, 0) is 10.1 Å². The van der Waals surface area contributed by atoms with E-state index >= 15 is 0 Å². The molecule has 0 unspecified atom stereocenters. The van der Waals surface area contributed by atoms with Gasteiger partial charge in [0.05, 0.1) is 5.75 Å². The molecule has 0 heterocycles. The molecule has 118 valence electrons. The van der Waals surface area contributed by atoms with Crippen molar-refractivity contribution in [3.05, 3.63) is 6.92 Å². The zero-order valence-corrected chi connectivity index (χ0v) is 16.7. The maximum absolute atomic E-state index is 9.79. The van der Waals surface area contributed by atoms with Crippen molar-refractivity contribution in [1.29, 1.82) is 0 Å². The van der Waals surface area contributed by atoms with E-state index in [4.69, 9.17) is 4.55 Å². The van der Waals surface area contributed by atoms with Gasteiger partial charge in [-0.1, -0.05) is 71.6 Å². The summed E-state index contributed by atoms with van der Waals surface area (Å²) in [4.78, 5) is 0. The quantitative estimate of drug-likeness (QED) is 0.275. The molecule has 20 heavy (non-hydrogen) atoms. The second kappa shape index (κ2) is 19.9. The third-order valence-electron chi connectivity index (χ3n) is 2.82. The Morgan fingerprint density at radius 2 is 1.20 bits per heavy atom. The smallest absolute Gasteiger partial charge is 0.343 e. The van der Waals surface area contributed by atoms with Crippen LogP contribution in [0.25, 0.3) is 0 Å². The van der Waals surface area contributed by atoms with Gasteiger partial charge in [0.1, 0.15) is 0 Å². The van der Waals surface area contributed by atoms with Gasteiger partial charge in [-0.15, -0.1) is 0 Å². The van der Waals surface area contributed by atoms with Gasteiger partial charge in [-0.25, -0.2) is 0 Å². The van der Waals surface area contributed by atoms with E-state index in [1.165, 1.54) is 57.8 Å². The van der Waals surface area contributed by atoms with Crippen molar-refractivity contribution in [2.45, 2.75) is 84.5 Å². The Bertz CT molecular complexity index is 244. The van der Waals surface area contributed by atoms with E-state index in [0.29, 0.717) is 6.42 Å². The number of hydrogen-bond donors (Lipinski definition) is 1. The summed E-state index contributed by atoms with van der Waals surface area (Å²) in [6, 6.07) is 0. The molecule has 0 rings (SSSR count). The van der Waals surface area contributed by atoms with Crippen LogP contribution in [0.5, 0.6) is 0 Å². The van der Waals surface area contributed by atoms with Gasteiger partial charge in [-0.2, -0.15) is 14.8 Å². The third-order valence-corrected chi connectivity index (χ3v) is 3.74. The predicted octanol–water partition coefficient (Wildman–Crippen LogP) is 2.03. The van der Waals surface area contributed by atoms with Gasteiger partial charge in [-0.05, 0) is 6.42 Å². The van der Waals surface area contributed by atoms with Gasteiger partial charge in [0.15, 0.2) is 0 Å². The Kier molecular flexibility index (Phi) is 25.7. The first-order chi connectivity index (χ1) is 8.97. The van der Waals surface area contributed by atoms with Gasteiger partial charge in [0.2, 0.25) is 0 Å². The van der Waals surface area contributed by atoms with Crippen molar-refractivity contribution >= 4 is 10.1 Å². The van der Waals surface area contributed by atoms with Gasteiger partial charge in [0, 0.05) is 0 Å². The summed E-state index contributed by atoms with van der Waals surface area (Å²) in [6.45, 7) is 7.80. The van der Waals surface area contributed by atoms with E-state index in [-0.39, 0.29) is 35.3 Å². The summed E-state index contributed by atoms with van der Waals surface area (Å²) in [5.41, 5.74) is 0. The standard InChI is InChI=1S/C12H25.C3H8O3S.Na/c1-3-5-7-9-11-12-10-8-6-4-2;1-2-3-7(4,5)6;/h1,3-12H2,2H3;2-3H2,1H3,(H,4,5,6);/q-1;;+1. The van der Waals surface area contributed by atoms with Crippen LogP contribution in [0.3, 0.4) is 0 Å². The first-order valence-corrected chi connectivity index (χ1v) is 9.33. The molecule has 0 fully saturated rings. The molecular formula is C15H33NaO3S. The number of unbranched alkanes of at least 4 members (excludes halogenated alkanes) is 9. The molecule has 0 saturated carbocycles. The molecule has 0 aromatic heterocycles. The monoisotopic (exact) mass is 316 g/mol. The summed E-state index contributed by atoms with van der Waals surface area (Å²) >= 11 is 0. The minimum Gasteiger partial charge on any atom is -0.343 e. The predicted molar refractivity (Wildman–Crippen MR) is 83.9 cm³/mol. The van der Waals surface area contributed by atoms with E-state index < -0.39 is 10.1 Å². The SMILES string of the molecule is CCCS(=O)(=O)O.[CH2-]CCCCCCCCCCC.[Na+]. The first kappa shape index (κ1) is 25.8. The molecule has 3 nitrogen and oxygen atoms in total. The molecule has 0 aliphatic rings. The van der Waals surface area contributed by atoms with Crippen LogP contribution >= 0.6 is 0 Å². The normalized spacial score (nSPS) is 10.4. The zero-order chi connectivity index (χ0) is 15.0. The Labute approximate surface area is 149 Å². The van der Waals surface area contributed by atoms with E-state index in [1.807, 2.05) is 0 Å². The van der Waals surface area contributed by atoms with Crippen molar-refractivity contribution in [2.75, 3.05) is 5.75 Å². The molecule has 0 saturated heterocycles. The van der Waals surface area contributed by atoms with Gasteiger partial charge < -0.3 is 6.92 Å². The van der Waals surface area contributed by atoms with Crippen LogP contribution in [0.1, 0.15) is 84.5 Å². The van der Waals surface area contributed by atoms with Crippen LogP contribution in [0, 0.1) is 6.92 Å². The first-order valence-electron chi connectivity index (χ1n) is 7.72. The minimum atomic E-state index is -3.67. The second-order valence-electron chi connectivity index (χ2n) is 4.97. The average Bonchev–Trinajstić information content (AvgIpc) is 2.32. The van der Waals surface area contributed by atoms with Crippen LogP contribution in [0.2, 0.25) is 0 Å². The van der Waals surface area contributed by atoms with Crippen molar-refractivity contribution < 1.29 is 42.5 Å². The topological polar surface area (TPSA) is 54.4 Å². The molecule has 0 aliphatic heterocycles. The fraction of sp³-hybridized carbons (Fsp3) is 0.933. The maximum atomic E-state index is 9.79. The van der Waals surface area contributed by atoms with Crippen molar-refractivity contribution in [3.63, 3.8) is 0 Å². The summed E-state index contributed by atoms with van der Waals surface area (Å²) in [5.74, 6) is -0.132. The van der Waals surface area contributed by atoms with Crippen LogP contribution < -0.4 is 29.6 Å². The summed E-state index contributed by atoms with van der Waals surface area (Å²) in [6.07, 6.45) is 14.4. The molecular weight excluding hydrogens is 283 g/mol. The van der Waals surface area contributed by atoms with Crippen molar-refractivity contribution in [1.82, 2.24) is 0 Å². The molecule has 0 aromatic rings. The van der Waals surface area contributed by atoms with Gasteiger partial charge in [-0.3, -0.25) is 4.55 Å². The van der Waals surface area contributed by atoms with Crippen molar-refractivity contribution in [3.8, 4) is 0 Å². The summed E-state index contributed by atoms with van der Waals surface area (Å²) in [7, 11) is -3.67. The Balaban J connectivity index is -0.000000312. The molecule has 0 bridgehead atoms. The maximum Gasteiger partial charge on any atom is 1.00 e. The van der Waals surface area contributed by atoms with E-state index in [1.54, 1.807) is 6.92 Å². The second-order valence-corrected chi connectivity index (χ2v) is 6.54. The van der Waals surface area contributed by atoms with E-state index in [2.05, 4.69) is 13.8 Å². The molecule has 1 N–H and O–H groups in total. The molecule has 0 atom stereocenters. The van der Waals surface area contributed by atoms with E-state index in [9.17, 15) is 8.42 Å². The number of rotatable bonds is 11. The van der Waals surface area contributed by atoms with Crippen LogP contribution in [0.4, 0.5) is 0 Å². The van der Waals surface area contributed by atoms with Crippen LogP contribution in [0.15, 0.2) is 0 Å². The fourth-order valence-electron chi connectivity index (χ4n) is 1.75. The molecule has 0 aliphatic carbocycles. The largest absolute Gasteiger partial charge is 1.00 e.